The molecule has 0 fully saturated rings. The molecule has 0 unspecified atom stereocenters. The normalized spacial score (nSPS) is 11.3. The lowest BCUT2D eigenvalue weighted by molar-refractivity contribution is -0.387. The average Bonchev–Trinajstić information content (AvgIpc) is 2.45. The maximum Gasteiger partial charge on any atom is 0.288 e. The first kappa shape index (κ1) is 17.8. The molecule has 0 bridgehead atoms. The summed E-state index contributed by atoms with van der Waals surface area (Å²) in [5.74, 6) is -1.36. The van der Waals surface area contributed by atoms with Gasteiger partial charge in [-0.2, -0.15) is 0 Å². The van der Waals surface area contributed by atoms with Crippen LogP contribution in [-0.4, -0.2) is 26.1 Å². The van der Waals surface area contributed by atoms with Gasteiger partial charge in [0, 0.05) is 30.6 Å². The molecule has 0 radical (unpaired) electrons. The van der Waals surface area contributed by atoms with Crippen LogP contribution in [0.1, 0.15) is 5.56 Å². The molecule has 0 spiro atoms. The van der Waals surface area contributed by atoms with Gasteiger partial charge in [-0.3, -0.25) is 10.1 Å². The molecule has 24 heavy (non-hydrogen) atoms. The van der Waals surface area contributed by atoms with Crippen molar-refractivity contribution in [1.29, 1.82) is 0 Å². The Kier molecular flexibility index (Phi) is 5.13. The number of nitro benzene ring substituents is 1. The summed E-state index contributed by atoms with van der Waals surface area (Å²) in [5.41, 5.74) is 0.290. The molecule has 0 atom stereocenters. The lowest BCUT2D eigenvalue weighted by Gasteiger charge is -2.09. The Morgan fingerprint density at radius 2 is 1.75 bits per heavy atom. The molecule has 0 heterocycles. The number of rotatable bonds is 6. The summed E-state index contributed by atoms with van der Waals surface area (Å²) < 4.78 is 49.5. The zero-order valence-electron chi connectivity index (χ0n) is 12.6. The number of nitrogens with one attached hydrogen (secondary N) is 1. The minimum Gasteiger partial charge on any atom is -0.385 e. The summed E-state index contributed by atoms with van der Waals surface area (Å²) in [7, 11) is -3.77. The molecular formula is C15H14F2N2O4S. The standard InChI is InChI=1S/C15H14F2N2O4S/c1-24(22,23)15-9-13(2-3-14(15)19(20)21)18-5-4-10-6-11(16)8-12(17)7-10/h2-3,6-9,18H,4-5H2,1H3. The van der Waals surface area contributed by atoms with Gasteiger partial charge in [0.1, 0.15) is 16.5 Å². The highest BCUT2D eigenvalue weighted by molar-refractivity contribution is 7.90. The fourth-order valence-electron chi connectivity index (χ4n) is 2.18. The van der Waals surface area contributed by atoms with Gasteiger partial charge in [-0.25, -0.2) is 17.2 Å². The van der Waals surface area contributed by atoms with Crippen molar-refractivity contribution in [2.45, 2.75) is 11.3 Å². The van der Waals surface area contributed by atoms with Crippen molar-refractivity contribution in [3.63, 3.8) is 0 Å². The van der Waals surface area contributed by atoms with Gasteiger partial charge in [-0.1, -0.05) is 0 Å². The zero-order valence-corrected chi connectivity index (χ0v) is 13.4. The first-order valence-corrected chi connectivity index (χ1v) is 8.73. The first-order valence-electron chi connectivity index (χ1n) is 6.84. The van der Waals surface area contributed by atoms with Crippen LogP contribution in [0, 0.1) is 21.7 Å². The molecule has 6 nitrogen and oxygen atoms in total. The fraction of sp³-hybridized carbons (Fsp3) is 0.200. The van der Waals surface area contributed by atoms with E-state index >= 15 is 0 Å². The predicted octanol–water partition coefficient (Wildman–Crippen LogP) is 2.93. The van der Waals surface area contributed by atoms with Crippen LogP contribution in [0.5, 0.6) is 0 Å². The van der Waals surface area contributed by atoms with E-state index in [2.05, 4.69) is 5.32 Å². The second-order valence-corrected chi connectivity index (χ2v) is 7.15. The van der Waals surface area contributed by atoms with Gasteiger partial charge in [0.15, 0.2) is 9.84 Å². The number of hydrogen-bond donors (Lipinski definition) is 1. The lowest BCUT2D eigenvalue weighted by Crippen LogP contribution is -2.08. The van der Waals surface area contributed by atoms with Crippen LogP contribution in [0.3, 0.4) is 0 Å². The van der Waals surface area contributed by atoms with Crippen molar-refractivity contribution in [3.8, 4) is 0 Å². The highest BCUT2D eigenvalue weighted by atomic mass is 32.2. The number of hydrogen-bond acceptors (Lipinski definition) is 5. The number of nitrogens with zero attached hydrogens (tertiary/aromatic N) is 1. The molecule has 0 saturated heterocycles. The highest BCUT2D eigenvalue weighted by Gasteiger charge is 2.22. The summed E-state index contributed by atoms with van der Waals surface area (Å²) in [6.45, 7) is 0.268. The predicted molar refractivity (Wildman–Crippen MR) is 84.8 cm³/mol. The van der Waals surface area contributed by atoms with E-state index in [1.54, 1.807) is 0 Å². The van der Waals surface area contributed by atoms with Crippen molar-refractivity contribution >= 4 is 21.2 Å². The number of anilines is 1. The number of sulfone groups is 1. The Hall–Kier alpha value is -2.55. The Morgan fingerprint density at radius 3 is 2.29 bits per heavy atom. The van der Waals surface area contributed by atoms with E-state index in [0.717, 1.165) is 18.4 Å². The van der Waals surface area contributed by atoms with Crippen LogP contribution in [0.15, 0.2) is 41.3 Å². The Balaban J connectivity index is 2.14. The molecule has 0 aromatic heterocycles. The minimum absolute atomic E-state index is 0.268. The molecule has 2 aromatic carbocycles. The van der Waals surface area contributed by atoms with E-state index in [0.29, 0.717) is 17.7 Å². The summed E-state index contributed by atoms with van der Waals surface area (Å²) in [5, 5.41) is 13.8. The lowest BCUT2D eigenvalue weighted by atomic mass is 10.1. The molecule has 1 N–H and O–H groups in total. The van der Waals surface area contributed by atoms with Gasteiger partial charge in [0.2, 0.25) is 0 Å². The van der Waals surface area contributed by atoms with Crippen LogP contribution in [0.2, 0.25) is 0 Å². The molecule has 9 heteroatoms. The molecule has 128 valence electrons. The summed E-state index contributed by atoms with van der Waals surface area (Å²) >= 11 is 0. The van der Waals surface area contributed by atoms with Gasteiger partial charge < -0.3 is 5.32 Å². The topological polar surface area (TPSA) is 89.3 Å². The SMILES string of the molecule is CS(=O)(=O)c1cc(NCCc2cc(F)cc(F)c2)ccc1[N+](=O)[O-]. The van der Waals surface area contributed by atoms with E-state index < -0.39 is 37.0 Å². The Labute approximate surface area is 137 Å². The maximum atomic E-state index is 13.1. The summed E-state index contributed by atoms with van der Waals surface area (Å²) in [4.78, 5) is 9.73. The number of benzene rings is 2. The molecule has 2 aromatic rings. The molecule has 0 aliphatic rings. The van der Waals surface area contributed by atoms with E-state index in [4.69, 9.17) is 0 Å². The maximum absolute atomic E-state index is 13.1. The quantitative estimate of drug-likeness (QED) is 0.635. The third kappa shape index (κ3) is 4.48. The third-order valence-electron chi connectivity index (χ3n) is 3.22. The second-order valence-electron chi connectivity index (χ2n) is 5.17. The smallest absolute Gasteiger partial charge is 0.288 e. The van der Waals surface area contributed by atoms with Gasteiger partial charge >= 0.3 is 0 Å². The van der Waals surface area contributed by atoms with Crippen LogP contribution >= 0.6 is 0 Å². The van der Waals surface area contributed by atoms with E-state index in [9.17, 15) is 27.3 Å². The zero-order chi connectivity index (χ0) is 17.9. The summed E-state index contributed by atoms with van der Waals surface area (Å²) in [6, 6.07) is 6.80. The molecule has 0 amide bonds. The van der Waals surface area contributed by atoms with Crippen LogP contribution in [-0.2, 0) is 16.3 Å². The van der Waals surface area contributed by atoms with Crippen LogP contribution in [0.4, 0.5) is 20.2 Å². The fourth-order valence-corrected chi connectivity index (χ4v) is 3.04. The van der Waals surface area contributed by atoms with Crippen molar-refractivity contribution < 1.29 is 22.1 Å². The minimum atomic E-state index is -3.77. The molecule has 0 saturated carbocycles. The Morgan fingerprint density at radius 1 is 1.12 bits per heavy atom. The van der Waals surface area contributed by atoms with Gasteiger partial charge in [-0.05, 0) is 36.2 Å². The number of halogens is 2. The van der Waals surface area contributed by atoms with Gasteiger partial charge in [-0.15, -0.1) is 0 Å². The molecule has 0 aliphatic carbocycles. The van der Waals surface area contributed by atoms with Gasteiger partial charge in [0.25, 0.3) is 5.69 Å². The van der Waals surface area contributed by atoms with Crippen molar-refractivity contribution in [3.05, 3.63) is 63.7 Å². The van der Waals surface area contributed by atoms with Crippen molar-refractivity contribution in [2.75, 3.05) is 18.1 Å². The largest absolute Gasteiger partial charge is 0.385 e. The molecular weight excluding hydrogens is 342 g/mol. The van der Waals surface area contributed by atoms with E-state index in [-0.39, 0.29) is 6.54 Å². The monoisotopic (exact) mass is 356 g/mol. The van der Waals surface area contributed by atoms with Crippen molar-refractivity contribution in [2.24, 2.45) is 0 Å². The Bertz CT molecular complexity index is 865. The first-order chi connectivity index (χ1) is 11.2. The highest BCUT2D eigenvalue weighted by Crippen LogP contribution is 2.27. The van der Waals surface area contributed by atoms with Crippen molar-refractivity contribution in [1.82, 2.24) is 0 Å². The number of nitro groups is 1. The van der Waals surface area contributed by atoms with Gasteiger partial charge in [0.05, 0.1) is 4.92 Å². The second kappa shape index (κ2) is 6.91. The summed E-state index contributed by atoms with van der Waals surface area (Å²) in [6.07, 6.45) is 1.18. The van der Waals surface area contributed by atoms with E-state index in [1.807, 2.05) is 0 Å². The average molecular weight is 356 g/mol. The van der Waals surface area contributed by atoms with Crippen LogP contribution < -0.4 is 5.32 Å². The van der Waals surface area contributed by atoms with Crippen LogP contribution in [0.25, 0.3) is 0 Å². The third-order valence-corrected chi connectivity index (χ3v) is 4.35. The molecule has 0 aliphatic heterocycles. The molecule has 2 rings (SSSR count). The van der Waals surface area contributed by atoms with E-state index in [1.165, 1.54) is 24.3 Å².